The number of nitrogens with one attached hydrogen (secondary N) is 1. The Bertz CT molecular complexity index is 1490. The number of unbranched alkanes of at least 4 members (excludes halogenated alkanes) is 1. The molecule has 0 saturated heterocycles. The summed E-state index contributed by atoms with van der Waals surface area (Å²) in [5, 5.41) is 4.03. The lowest BCUT2D eigenvalue weighted by molar-refractivity contribution is -0.127. The summed E-state index contributed by atoms with van der Waals surface area (Å²) in [6, 6.07) is 29.3. The van der Waals surface area contributed by atoms with Crippen LogP contribution in [0.15, 0.2) is 102 Å². The fraction of sp³-hybridized carbons (Fsp3) is 0.206. The van der Waals surface area contributed by atoms with Crippen molar-refractivity contribution in [3.8, 4) is 34.1 Å². The molecule has 4 aromatic rings. The van der Waals surface area contributed by atoms with Crippen molar-refractivity contribution in [2.45, 2.75) is 32.8 Å². The Morgan fingerprint density at radius 3 is 2.24 bits per heavy atom. The second-order valence-electron chi connectivity index (χ2n) is 9.41. The molecule has 4 rings (SSSR count). The molecule has 0 fully saturated rings. The van der Waals surface area contributed by atoms with Gasteiger partial charge in [-0.3, -0.25) is 4.79 Å². The summed E-state index contributed by atoms with van der Waals surface area (Å²) >= 11 is 0. The molecule has 0 unspecified atom stereocenters. The van der Waals surface area contributed by atoms with Crippen LogP contribution in [0.1, 0.15) is 42.6 Å². The molecule has 0 aliphatic heterocycles. The summed E-state index contributed by atoms with van der Waals surface area (Å²) in [5.74, 6) is 0.948. The number of rotatable bonds is 13. The molecule has 8 heteroatoms. The van der Waals surface area contributed by atoms with E-state index in [1.54, 1.807) is 49.4 Å². The molecular weight excluding hydrogens is 532 g/mol. The smallest absolute Gasteiger partial charge is 0.343 e. The topological polar surface area (TPSA) is 95.5 Å². The summed E-state index contributed by atoms with van der Waals surface area (Å²) < 4.78 is 22.3. The number of nitrogens with zero attached hydrogens (tertiary/aromatic N) is 1. The molecule has 0 heterocycles. The van der Waals surface area contributed by atoms with Crippen LogP contribution in [0.25, 0.3) is 11.1 Å². The molecule has 1 amide bonds. The fourth-order valence-electron chi connectivity index (χ4n) is 3.90. The van der Waals surface area contributed by atoms with Gasteiger partial charge in [-0.05, 0) is 84.6 Å². The molecule has 0 aliphatic rings. The van der Waals surface area contributed by atoms with Gasteiger partial charge in [-0.2, -0.15) is 5.10 Å². The third kappa shape index (κ3) is 8.44. The van der Waals surface area contributed by atoms with Gasteiger partial charge in [0, 0.05) is 0 Å². The number of hydrogen-bond acceptors (Lipinski definition) is 7. The van der Waals surface area contributed by atoms with E-state index in [2.05, 4.69) is 17.5 Å². The maximum atomic E-state index is 12.7. The molecule has 0 aromatic heterocycles. The van der Waals surface area contributed by atoms with Crippen LogP contribution >= 0.6 is 0 Å². The van der Waals surface area contributed by atoms with Crippen LogP contribution in [0.2, 0.25) is 0 Å². The van der Waals surface area contributed by atoms with Crippen molar-refractivity contribution in [2.24, 2.45) is 5.10 Å². The average molecular weight is 567 g/mol. The van der Waals surface area contributed by atoms with Crippen LogP contribution in [0.5, 0.6) is 23.0 Å². The van der Waals surface area contributed by atoms with Crippen LogP contribution in [0.3, 0.4) is 0 Å². The monoisotopic (exact) mass is 566 g/mol. The van der Waals surface area contributed by atoms with Gasteiger partial charge < -0.3 is 18.9 Å². The van der Waals surface area contributed by atoms with E-state index < -0.39 is 18.0 Å². The van der Waals surface area contributed by atoms with E-state index in [0.717, 1.165) is 24.0 Å². The molecule has 1 N–H and O–H groups in total. The first-order chi connectivity index (χ1) is 20.5. The normalized spacial score (nSPS) is 11.5. The first-order valence-corrected chi connectivity index (χ1v) is 13.7. The van der Waals surface area contributed by atoms with E-state index in [-0.39, 0.29) is 5.75 Å². The lowest BCUT2D eigenvalue weighted by Gasteiger charge is -2.13. The van der Waals surface area contributed by atoms with E-state index in [4.69, 9.17) is 18.9 Å². The van der Waals surface area contributed by atoms with Gasteiger partial charge in [-0.1, -0.05) is 55.8 Å². The van der Waals surface area contributed by atoms with E-state index in [0.29, 0.717) is 35.0 Å². The molecule has 216 valence electrons. The largest absolute Gasteiger partial charge is 0.494 e. The molecule has 0 radical (unpaired) electrons. The SMILES string of the molecule is CCCCOc1ccc(C(=O)Oc2ccc(/C=N\NC(=O)[C@H](C)Oc3ccc(-c4ccccc4)cc3)cc2OC)cc1. The highest BCUT2D eigenvalue weighted by Gasteiger charge is 2.15. The number of carbonyl (C=O) groups excluding carboxylic acids is 2. The van der Waals surface area contributed by atoms with Crippen LogP contribution < -0.4 is 24.4 Å². The lowest BCUT2D eigenvalue weighted by atomic mass is 10.1. The fourth-order valence-corrected chi connectivity index (χ4v) is 3.90. The van der Waals surface area contributed by atoms with Crippen molar-refractivity contribution >= 4 is 18.1 Å². The van der Waals surface area contributed by atoms with Gasteiger partial charge in [0.25, 0.3) is 5.91 Å². The minimum atomic E-state index is -0.766. The van der Waals surface area contributed by atoms with Crippen molar-refractivity contribution in [3.05, 3.63) is 108 Å². The van der Waals surface area contributed by atoms with Gasteiger partial charge >= 0.3 is 5.97 Å². The quantitative estimate of drug-likeness (QED) is 0.0638. The third-order valence-electron chi connectivity index (χ3n) is 6.28. The zero-order valence-electron chi connectivity index (χ0n) is 23.9. The van der Waals surface area contributed by atoms with Crippen molar-refractivity contribution in [3.63, 3.8) is 0 Å². The van der Waals surface area contributed by atoms with Crippen LogP contribution in [0.4, 0.5) is 0 Å². The summed E-state index contributed by atoms with van der Waals surface area (Å²) in [4.78, 5) is 25.2. The van der Waals surface area contributed by atoms with Crippen LogP contribution in [-0.2, 0) is 4.79 Å². The third-order valence-corrected chi connectivity index (χ3v) is 6.28. The van der Waals surface area contributed by atoms with Crippen LogP contribution in [0, 0.1) is 0 Å². The summed E-state index contributed by atoms with van der Waals surface area (Å²) in [5.41, 5.74) is 5.66. The van der Waals surface area contributed by atoms with E-state index in [1.165, 1.54) is 13.3 Å². The molecule has 0 bridgehead atoms. The molecule has 0 saturated carbocycles. The number of hydrogen-bond donors (Lipinski definition) is 1. The molecule has 42 heavy (non-hydrogen) atoms. The number of benzene rings is 4. The molecular formula is C34H34N2O6. The maximum absolute atomic E-state index is 12.7. The molecule has 0 aliphatic carbocycles. The zero-order valence-corrected chi connectivity index (χ0v) is 23.9. The van der Waals surface area contributed by atoms with Gasteiger partial charge in [0.2, 0.25) is 0 Å². The molecule has 1 atom stereocenters. The Morgan fingerprint density at radius 2 is 1.55 bits per heavy atom. The standard InChI is InChI=1S/C34H34N2O6/c1-4-5-21-40-29-16-14-28(15-17-29)34(38)42-31-20-11-25(22-32(31)39-3)23-35-36-33(37)24(2)41-30-18-12-27(13-19-30)26-9-7-6-8-10-26/h6-20,22-24H,4-5,21H2,1-3H3,(H,36,37)/b35-23-/t24-/m0/s1. The van der Waals surface area contributed by atoms with Gasteiger partial charge in [0.1, 0.15) is 11.5 Å². The number of amides is 1. The minimum Gasteiger partial charge on any atom is -0.494 e. The predicted octanol–water partition coefficient (Wildman–Crippen LogP) is 6.68. The van der Waals surface area contributed by atoms with Crippen molar-refractivity contribution < 1.29 is 28.5 Å². The van der Waals surface area contributed by atoms with Gasteiger partial charge in [-0.25, -0.2) is 10.2 Å². The second-order valence-corrected chi connectivity index (χ2v) is 9.41. The summed E-state index contributed by atoms with van der Waals surface area (Å²) in [7, 11) is 1.48. The van der Waals surface area contributed by atoms with Crippen molar-refractivity contribution in [1.82, 2.24) is 5.43 Å². The second kappa shape index (κ2) is 15.0. The first kappa shape index (κ1) is 29.9. The Morgan fingerprint density at radius 1 is 0.857 bits per heavy atom. The Labute approximate surface area is 245 Å². The van der Waals surface area contributed by atoms with E-state index in [1.807, 2.05) is 54.6 Å². The van der Waals surface area contributed by atoms with Crippen LogP contribution in [-0.4, -0.2) is 37.9 Å². The Kier molecular flexibility index (Phi) is 10.7. The molecule has 0 spiro atoms. The summed E-state index contributed by atoms with van der Waals surface area (Å²) in [6.45, 7) is 4.38. The van der Waals surface area contributed by atoms with Crippen molar-refractivity contribution in [1.29, 1.82) is 0 Å². The van der Waals surface area contributed by atoms with Gasteiger partial charge in [-0.15, -0.1) is 0 Å². The highest BCUT2D eigenvalue weighted by Crippen LogP contribution is 2.29. The number of hydrazone groups is 1. The number of methoxy groups -OCH3 is 1. The Balaban J connectivity index is 1.29. The molecule has 4 aromatic carbocycles. The van der Waals surface area contributed by atoms with Gasteiger partial charge in [0.15, 0.2) is 17.6 Å². The van der Waals surface area contributed by atoms with Crippen molar-refractivity contribution in [2.75, 3.05) is 13.7 Å². The molecule has 8 nitrogen and oxygen atoms in total. The van der Waals surface area contributed by atoms with E-state index in [9.17, 15) is 9.59 Å². The maximum Gasteiger partial charge on any atom is 0.343 e. The van der Waals surface area contributed by atoms with E-state index >= 15 is 0 Å². The minimum absolute atomic E-state index is 0.257. The lowest BCUT2D eigenvalue weighted by Crippen LogP contribution is -2.33. The number of ether oxygens (including phenoxy) is 4. The summed E-state index contributed by atoms with van der Waals surface area (Å²) in [6.07, 6.45) is 2.71. The highest BCUT2D eigenvalue weighted by molar-refractivity contribution is 5.92. The highest BCUT2D eigenvalue weighted by atomic mass is 16.6. The Hall–Kier alpha value is -5.11. The first-order valence-electron chi connectivity index (χ1n) is 13.7. The average Bonchev–Trinajstić information content (AvgIpc) is 3.02. The predicted molar refractivity (Wildman–Crippen MR) is 163 cm³/mol. The van der Waals surface area contributed by atoms with Gasteiger partial charge in [0.05, 0.1) is 25.5 Å². The zero-order chi connectivity index (χ0) is 29.7. The number of carbonyl (C=O) groups is 2. The number of esters is 1.